The second-order valence-corrected chi connectivity index (χ2v) is 4.13. The molecule has 1 aromatic carbocycles. The van der Waals surface area contributed by atoms with Crippen LogP contribution in [0.1, 0.15) is 31.4 Å². The molecule has 0 amide bonds. The summed E-state index contributed by atoms with van der Waals surface area (Å²) in [6.45, 7) is 1.80. The zero-order valence-corrected chi connectivity index (χ0v) is 9.50. The molecule has 1 aliphatic rings. The zero-order valence-electron chi connectivity index (χ0n) is 9.50. The summed E-state index contributed by atoms with van der Waals surface area (Å²) in [5.41, 5.74) is 6.46. The van der Waals surface area contributed by atoms with Crippen LogP contribution in [-0.2, 0) is 0 Å². The topological polar surface area (TPSA) is 44.5 Å². The van der Waals surface area contributed by atoms with E-state index in [1.165, 1.54) is 19.2 Å². The molecule has 0 heterocycles. The maximum absolute atomic E-state index is 13.3. The summed E-state index contributed by atoms with van der Waals surface area (Å²) in [5, 5.41) is 0. The SMILES string of the molecule is COc1cc(F)cc(C(C)N)c1OC1CC1. The molecule has 2 rings (SSSR count). The number of halogens is 1. The van der Waals surface area contributed by atoms with Gasteiger partial charge in [-0.2, -0.15) is 0 Å². The Hall–Kier alpha value is -1.29. The van der Waals surface area contributed by atoms with Crippen molar-refractivity contribution in [2.45, 2.75) is 31.9 Å². The van der Waals surface area contributed by atoms with Gasteiger partial charge in [-0.15, -0.1) is 0 Å². The molecule has 0 bridgehead atoms. The maximum Gasteiger partial charge on any atom is 0.166 e. The average molecular weight is 225 g/mol. The minimum absolute atomic E-state index is 0.233. The lowest BCUT2D eigenvalue weighted by molar-refractivity contribution is 0.276. The minimum atomic E-state index is -0.354. The summed E-state index contributed by atoms with van der Waals surface area (Å²) in [6.07, 6.45) is 2.31. The van der Waals surface area contributed by atoms with Crippen molar-refractivity contribution in [3.05, 3.63) is 23.5 Å². The molecule has 0 spiro atoms. The van der Waals surface area contributed by atoms with E-state index in [4.69, 9.17) is 15.2 Å². The van der Waals surface area contributed by atoms with Crippen LogP contribution in [-0.4, -0.2) is 13.2 Å². The Morgan fingerprint density at radius 1 is 1.44 bits per heavy atom. The van der Waals surface area contributed by atoms with E-state index in [1.54, 1.807) is 6.92 Å². The van der Waals surface area contributed by atoms with Crippen molar-refractivity contribution < 1.29 is 13.9 Å². The quantitative estimate of drug-likeness (QED) is 0.855. The van der Waals surface area contributed by atoms with Crippen molar-refractivity contribution in [1.82, 2.24) is 0 Å². The average Bonchev–Trinajstić information content (AvgIpc) is 3.03. The Labute approximate surface area is 94.3 Å². The predicted molar refractivity (Wildman–Crippen MR) is 59.2 cm³/mol. The molecule has 16 heavy (non-hydrogen) atoms. The first kappa shape index (κ1) is 11.2. The number of nitrogens with two attached hydrogens (primary N) is 1. The van der Waals surface area contributed by atoms with Gasteiger partial charge in [0.05, 0.1) is 13.2 Å². The van der Waals surface area contributed by atoms with E-state index < -0.39 is 0 Å². The summed E-state index contributed by atoms with van der Waals surface area (Å²) in [7, 11) is 1.50. The predicted octanol–water partition coefficient (Wildman–Crippen LogP) is 2.40. The fraction of sp³-hybridized carbons (Fsp3) is 0.500. The molecule has 3 nitrogen and oxygen atoms in total. The van der Waals surface area contributed by atoms with Crippen molar-refractivity contribution >= 4 is 0 Å². The highest BCUT2D eigenvalue weighted by molar-refractivity contribution is 5.48. The highest BCUT2D eigenvalue weighted by atomic mass is 19.1. The summed E-state index contributed by atoms with van der Waals surface area (Å²) < 4.78 is 24.2. The van der Waals surface area contributed by atoms with Crippen LogP contribution in [0.25, 0.3) is 0 Å². The van der Waals surface area contributed by atoms with Gasteiger partial charge in [-0.05, 0) is 25.8 Å². The Kier molecular flexibility index (Phi) is 3.01. The molecule has 2 N–H and O–H groups in total. The molecule has 1 atom stereocenters. The highest BCUT2D eigenvalue weighted by Crippen LogP contribution is 2.39. The van der Waals surface area contributed by atoms with E-state index in [0.29, 0.717) is 17.1 Å². The van der Waals surface area contributed by atoms with Crippen LogP contribution < -0.4 is 15.2 Å². The third-order valence-corrected chi connectivity index (χ3v) is 2.57. The Morgan fingerprint density at radius 2 is 2.12 bits per heavy atom. The van der Waals surface area contributed by atoms with Gasteiger partial charge in [0.2, 0.25) is 0 Å². The Bertz CT molecular complexity index is 389. The van der Waals surface area contributed by atoms with E-state index in [-0.39, 0.29) is 18.0 Å². The first-order chi connectivity index (χ1) is 7.61. The summed E-state index contributed by atoms with van der Waals surface area (Å²) in [5.74, 6) is 0.646. The van der Waals surface area contributed by atoms with Crippen LogP contribution in [0.15, 0.2) is 12.1 Å². The number of ether oxygens (including phenoxy) is 2. The van der Waals surface area contributed by atoms with Gasteiger partial charge in [0.15, 0.2) is 11.5 Å². The van der Waals surface area contributed by atoms with Crippen molar-refractivity contribution in [2.75, 3.05) is 7.11 Å². The van der Waals surface area contributed by atoms with E-state index in [0.717, 1.165) is 12.8 Å². The molecule has 1 aromatic rings. The van der Waals surface area contributed by atoms with Gasteiger partial charge in [-0.25, -0.2) is 4.39 Å². The number of methoxy groups -OCH3 is 1. The largest absolute Gasteiger partial charge is 0.493 e. The number of hydrogen-bond donors (Lipinski definition) is 1. The van der Waals surface area contributed by atoms with E-state index >= 15 is 0 Å². The van der Waals surface area contributed by atoms with Gasteiger partial charge in [-0.1, -0.05) is 0 Å². The second-order valence-electron chi connectivity index (χ2n) is 4.13. The van der Waals surface area contributed by atoms with Crippen molar-refractivity contribution in [3.8, 4) is 11.5 Å². The van der Waals surface area contributed by atoms with Gasteiger partial charge in [0.25, 0.3) is 0 Å². The lowest BCUT2D eigenvalue weighted by Gasteiger charge is -2.17. The normalized spacial score (nSPS) is 17.0. The highest BCUT2D eigenvalue weighted by Gasteiger charge is 2.27. The number of rotatable bonds is 4. The second kappa shape index (κ2) is 4.29. The first-order valence-corrected chi connectivity index (χ1v) is 5.41. The van der Waals surface area contributed by atoms with Gasteiger partial charge < -0.3 is 15.2 Å². The maximum atomic E-state index is 13.3. The third kappa shape index (κ3) is 2.27. The molecular weight excluding hydrogens is 209 g/mol. The van der Waals surface area contributed by atoms with Crippen LogP contribution in [0.4, 0.5) is 4.39 Å². The van der Waals surface area contributed by atoms with Crippen LogP contribution in [0.2, 0.25) is 0 Å². The molecule has 0 aliphatic heterocycles. The van der Waals surface area contributed by atoms with Crippen molar-refractivity contribution in [3.63, 3.8) is 0 Å². The van der Waals surface area contributed by atoms with E-state index in [9.17, 15) is 4.39 Å². The molecule has 4 heteroatoms. The summed E-state index contributed by atoms with van der Waals surface area (Å²) in [4.78, 5) is 0. The minimum Gasteiger partial charge on any atom is -0.493 e. The molecule has 1 unspecified atom stereocenters. The molecule has 1 aliphatic carbocycles. The van der Waals surface area contributed by atoms with Gasteiger partial charge >= 0.3 is 0 Å². The molecular formula is C12H16FNO2. The molecule has 0 radical (unpaired) electrons. The van der Waals surface area contributed by atoms with Gasteiger partial charge in [0.1, 0.15) is 5.82 Å². The molecule has 88 valence electrons. The number of hydrogen-bond acceptors (Lipinski definition) is 3. The molecule has 1 saturated carbocycles. The fourth-order valence-electron chi connectivity index (χ4n) is 1.56. The summed E-state index contributed by atoms with van der Waals surface area (Å²) in [6, 6.07) is 2.45. The Morgan fingerprint density at radius 3 is 2.62 bits per heavy atom. The van der Waals surface area contributed by atoms with Crippen LogP contribution in [0.3, 0.4) is 0 Å². The summed E-state index contributed by atoms with van der Waals surface area (Å²) >= 11 is 0. The zero-order chi connectivity index (χ0) is 11.7. The lowest BCUT2D eigenvalue weighted by Crippen LogP contribution is -2.10. The van der Waals surface area contributed by atoms with Gasteiger partial charge in [0, 0.05) is 17.7 Å². The smallest absolute Gasteiger partial charge is 0.166 e. The monoisotopic (exact) mass is 225 g/mol. The van der Waals surface area contributed by atoms with E-state index in [1.807, 2.05) is 0 Å². The molecule has 0 aromatic heterocycles. The van der Waals surface area contributed by atoms with Gasteiger partial charge in [-0.3, -0.25) is 0 Å². The van der Waals surface area contributed by atoms with Crippen LogP contribution in [0.5, 0.6) is 11.5 Å². The van der Waals surface area contributed by atoms with Crippen molar-refractivity contribution in [2.24, 2.45) is 5.73 Å². The molecule has 0 saturated heterocycles. The van der Waals surface area contributed by atoms with Crippen molar-refractivity contribution in [1.29, 1.82) is 0 Å². The third-order valence-electron chi connectivity index (χ3n) is 2.57. The van der Waals surface area contributed by atoms with Crippen LogP contribution >= 0.6 is 0 Å². The Balaban J connectivity index is 2.41. The standard InChI is InChI=1S/C12H16FNO2/c1-7(14)10-5-8(13)6-11(15-2)12(10)16-9-3-4-9/h5-7,9H,3-4,14H2,1-2H3. The van der Waals surface area contributed by atoms with E-state index in [2.05, 4.69) is 0 Å². The van der Waals surface area contributed by atoms with Crippen LogP contribution in [0, 0.1) is 5.82 Å². The first-order valence-electron chi connectivity index (χ1n) is 5.41. The fourth-order valence-corrected chi connectivity index (χ4v) is 1.56. The number of benzene rings is 1. The molecule has 1 fully saturated rings. The lowest BCUT2D eigenvalue weighted by atomic mass is 10.1.